The van der Waals surface area contributed by atoms with Crippen molar-refractivity contribution in [2.75, 3.05) is 17.7 Å². The summed E-state index contributed by atoms with van der Waals surface area (Å²) in [5.41, 5.74) is 4.60. The van der Waals surface area contributed by atoms with Gasteiger partial charge in [0, 0.05) is 47.8 Å². The van der Waals surface area contributed by atoms with Crippen molar-refractivity contribution in [1.29, 1.82) is 0 Å². The Bertz CT molecular complexity index is 1250. The Kier molecular flexibility index (Phi) is 5.55. The van der Waals surface area contributed by atoms with Gasteiger partial charge in [-0.3, -0.25) is 0 Å². The van der Waals surface area contributed by atoms with Crippen molar-refractivity contribution in [1.82, 2.24) is 14.5 Å². The van der Waals surface area contributed by atoms with E-state index in [-0.39, 0.29) is 17.5 Å². The monoisotopic (exact) mass is 442 g/mol. The van der Waals surface area contributed by atoms with Crippen LogP contribution in [0.5, 0.6) is 0 Å². The molecule has 1 aromatic carbocycles. The van der Waals surface area contributed by atoms with Crippen LogP contribution in [0.3, 0.4) is 0 Å². The first-order chi connectivity index (χ1) is 14.7. The Balaban J connectivity index is 1.87. The van der Waals surface area contributed by atoms with Crippen molar-refractivity contribution in [3.63, 3.8) is 0 Å². The van der Waals surface area contributed by atoms with Crippen molar-refractivity contribution in [3.05, 3.63) is 46.9 Å². The molecule has 0 saturated carbocycles. The highest BCUT2D eigenvalue weighted by Gasteiger charge is 2.33. The maximum atomic E-state index is 12.3. The van der Waals surface area contributed by atoms with E-state index in [0.717, 1.165) is 46.8 Å². The van der Waals surface area contributed by atoms with Crippen molar-refractivity contribution < 1.29 is 13.5 Å². The minimum atomic E-state index is -3.44. The highest BCUT2D eigenvalue weighted by atomic mass is 32.2. The van der Waals surface area contributed by atoms with Gasteiger partial charge >= 0.3 is 0 Å². The molecule has 2 aromatic heterocycles. The molecule has 0 unspecified atom stereocenters. The van der Waals surface area contributed by atoms with Crippen molar-refractivity contribution in [3.8, 4) is 0 Å². The van der Waals surface area contributed by atoms with Crippen molar-refractivity contribution >= 4 is 26.7 Å². The molecule has 8 heteroatoms. The van der Waals surface area contributed by atoms with Crippen molar-refractivity contribution in [2.45, 2.75) is 58.2 Å². The Hall–Kier alpha value is -2.45. The molecule has 3 aromatic rings. The van der Waals surface area contributed by atoms with E-state index >= 15 is 0 Å². The van der Waals surface area contributed by atoms with Gasteiger partial charge < -0.3 is 14.6 Å². The van der Waals surface area contributed by atoms with E-state index in [1.54, 1.807) is 12.1 Å². The summed E-state index contributed by atoms with van der Waals surface area (Å²) in [6.07, 6.45) is 4.01. The maximum Gasteiger partial charge on any atom is 0.226 e. The summed E-state index contributed by atoms with van der Waals surface area (Å²) in [5.74, 6) is 1.03. The fourth-order valence-electron chi connectivity index (χ4n) is 4.72. The van der Waals surface area contributed by atoms with Crippen LogP contribution in [0.15, 0.2) is 29.3 Å². The summed E-state index contributed by atoms with van der Waals surface area (Å²) >= 11 is 0. The highest BCUT2D eigenvalue weighted by molar-refractivity contribution is 7.90. The van der Waals surface area contributed by atoms with Crippen LogP contribution in [-0.4, -0.2) is 40.9 Å². The number of nitrogens with zero attached hydrogens (tertiary/aromatic N) is 4. The molecule has 31 heavy (non-hydrogen) atoms. The minimum absolute atomic E-state index is 0.0623. The van der Waals surface area contributed by atoms with Gasteiger partial charge in [0.25, 0.3) is 0 Å². The number of benzene rings is 1. The van der Waals surface area contributed by atoms with Gasteiger partial charge in [-0.05, 0) is 48.6 Å². The number of fused-ring (bicyclic) bond motifs is 3. The summed E-state index contributed by atoms with van der Waals surface area (Å²) in [7, 11) is -3.44. The Morgan fingerprint density at radius 3 is 2.52 bits per heavy atom. The molecule has 1 atom stereocenters. The van der Waals surface area contributed by atoms with Gasteiger partial charge in [-0.2, -0.15) is 0 Å². The van der Waals surface area contributed by atoms with Crippen LogP contribution in [0.25, 0.3) is 10.9 Å². The van der Waals surface area contributed by atoms with Crippen molar-refractivity contribution in [2.24, 2.45) is 5.92 Å². The molecular weight excluding hydrogens is 412 g/mol. The zero-order chi connectivity index (χ0) is 22.5. The number of anilines is 1. The molecule has 0 saturated heterocycles. The second-order valence-electron chi connectivity index (χ2n) is 8.69. The summed E-state index contributed by atoms with van der Waals surface area (Å²) in [5, 5.41) is 10.7. The predicted molar refractivity (Wildman–Crippen MR) is 122 cm³/mol. The zero-order valence-corrected chi connectivity index (χ0v) is 19.6. The number of aliphatic hydroxyl groups excluding tert-OH is 1. The number of aliphatic hydroxyl groups is 1. The summed E-state index contributed by atoms with van der Waals surface area (Å²) < 4.78 is 26.8. The van der Waals surface area contributed by atoms with Gasteiger partial charge in [0.15, 0.2) is 9.84 Å². The number of rotatable bonds is 5. The van der Waals surface area contributed by atoms with E-state index in [1.165, 1.54) is 6.26 Å². The van der Waals surface area contributed by atoms with Gasteiger partial charge in [-0.25, -0.2) is 18.4 Å². The number of hydrogen-bond acceptors (Lipinski definition) is 6. The lowest BCUT2D eigenvalue weighted by Crippen LogP contribution is -2.41. The molecule has 1 aliphatic rings. The first kappa shape index (κ1) is 21.8. The molecule has 1 aliphatic heterocycles. The van der Waals surface area contributed by atoms with E-state index in [2.05, 4.69) is 41.3 Å². The second-order valence-corrected chi connectivity index (χ2v) is 10.7. The molecule has 0 aliphatic carbocycles. The smallest absolute Gasteiger partial charge is 0.226 e. The molecule has 0 amide bonds. The molecule has 4 rings (SSSR count). The highest BCUT2D eigenvalue weighted by Crippen LogP contribution is 2.39. The van der Waals surface area contributed by atoms with E-state index < -0.39 is 9.84 Å². The maximum absolute atomic E-state index is 12.3. The average molecular weight is 443 g/mol. The SMILES string of the molecule is CCc1cnc(N2CCn3c(cc4cc(CO)c(S(C)(=O)=O)cc43)[C@H]2C(C)C)nc1C. The van der Waals surface area contributed by atoms with E-state index in [1.807, 2.05) is 13.1 Å². The van der Waals surface area contributed by atoms with Crippen LogP contribution in [0.4, 0.5) is 5.95 Å². The molecule has 0 bridgehead atoms. The Labute approximate surface area is 183 Å². The van der Waals surface area contributed by atoms with Crippen LogP contribution in [-0.2, 0) is 29.4 Å². The molecule has 3 heterocycles. The lowest BCUT2D eigenvalue weighted by molar-refractivity contribution is 0.278. The predicted octanol–water partition coefficient (Wildman–Crippen LogP) is 3.42. The first-order valence-corrected chi connectivity index (χ1v) is 12.6. The fraction of sp³-hybridized carbons (Fsp3) is 0.478. The van der Waals surface area contributed by atoms with E-state index in [9.17, 15) is 13.5 Å². The molecular formula is C23H30N4O3S. The minimum Gasteiger partial charge on any atom is -0.392 e. The van der Waals surface area contributed by atoms with Crippen LogP contribution in [0.1, 0.15) is 49.3 Å². The van der Waals surface area contributed by atoms with Gasteiger partial charge in [-0.1, -0.05) is 20.8 Å². The Morgan fingerprint density at radius 2 is 1.94 bits per heavy atom. The van der Waals surface area contributed by atoms with Crippen LogP contribution in [0.2, 0.25) is 0 Å². The third-order valence-electron chi connectivity index (χ3n) is 6.23. The normalized spacial score (nSPS) is 16.9. The fourth-order valence-corrected chi connectivity index (χ4v) is 5.64. The van der Waals surface area contributed by atoms with Gasteiger partial charge in [-0.15, -0.1) is 0 Å². The third-order valence-corrected chi connectivity index (χ3v) is 7.41. The second kappa shape index (κ2) is 7.91. The zero-order valence-electron chi connectivity index (χ0n) is 18.8. The van der Waals surface area contributed by atoms with E-state index in [4.69, 9.17) is 4.98 Å². The quantitative estimate of drug-likeness (QED) is 0.651. The molecule has 0 spiro atoms. The first-order valence-electron chi connectivity index (χ1n) is 10.7. The van der Waals surface area contributed by atoms with Crippen LogP contribution < -0.4 is 4.90 Å². The number of aryl methyl sites for hydroxylation is 2. The number of aromatic nitrogens is 3. The number of sulfone groups is 1. The largest absolute Gasteiger partial charge is 0.392 e. The molecule has 166 valence electrons. The van der Waals surface area contributed by atoms with Crippen LogP contribution >= 0.6 is 0 Å². The lowest BCUT2D eigenvalue weighted by atomic mass is 9.97. The van der Waals surface area contributed by atoms with Crippen LogP contribution in [0, 0.1) is 12.8 Å². The summed E-state index contributed by atoms with van der Waals surface area (Å²) in [4.78, 5) is 11.9. The topological polar surface area (TPSA) is 88.3 Å². The van der Waals surface area contributed by atoms with Gasteiger partial charge in [0.05, 0.1) is 17.5 Å². The summed E-state index contributed by atoms with van der Waals surface area (Å²) in [6, 6.07) is 5.69. The Morgan fingerprint density at radius 1 is 1.19 bits per heavy atom. The van der Waals surface area contributed by atoms with Gasteiger partial charge in [0.1, 0.15) is 0 Å². The molecule has 7 nitrogen and oxygen atoms in total. The molecule has 1 N–H and O–H groups in total. The average Bonchev–Trinajstić information content (AvgIpc) is 3.08. The lowest BCUT2D eigenvalue weighted by Gasteiger charge is -2.39. The molecule has 0 radical (unpaired) electrons. The summed E-state index contributed by atoms with van der Waals surface area (Å²) in [6.45, 7) is 9.63. The third kappa shape index (κ3) is 3.72. The molecule has 0 fully saturated rings. The van der Waals surface area contributed by atoms with Gasteiger partial charge in [0.2, 0.25) is 5.95 Å². The standard InChI is InChI=1S/C23H30N4O3S/c1-6-16-12-24-23(25-15(16)4)27-8-7-26-19-11-21(31(5,29)30)18(13-28)9-17(19)10-20(26)22(27)14(2)3/h9-12,14,22,28H,6-8,13H2,1-5H3/t22-/m1/s1. The van der Waals surface area contributed by atoms with E-state index in [0.29, 0.717) is 18.0 Å². The number of hydrogen-bond donors (Lipinski definition) is 1.